The summed E-state index contributed by atoms with van der Waals surface area (Å²) in [5.74, 6) is 0.415. The zero-order valence-corrected chi connectivity index (χ0v) is 20.6. The Morgan fingerprint density at radius 1 is 1.03 bits per heavy atom. The highest BCUT2D eigenvalue weighted by atomic mass is 35.5. The van der Waals surface area contributed by atoms with Crippen molar-refractivity contribution < 1.29 is 14.3 Å². The fourth-order valence-electron chi connectivity index (χ4n) is 4.17. The average Bonchev–Trinajstić information content (AvgIpc) is 2.85. The first-order chi connectivity index (χ1) is 16.8. The number of ether oxygens (including phenoxy) is 1. The fourth-order valence-corrected chi connectivity index (χ4v) is 4.68. The van der Waals surface area contributed by atoms with E-state index in [2.05, 4.69) is 4.98 Å². The molecule has 3 aromatic rings. The van der Waals surface area contributed by atoms with Crippen LogP contribution < -0.4 is 16.2 Å². The van der Waals surface area contributed by atoms with Crippen molar-refractivity contribution >= 4 is 40.8 Å². The molecule has 1 saturated heterocycles. The Hall–Kier alpha value is -3.29. The van der Waals surface area contributed by atoms with Crippen molar-refractivity contribution in [3.8, 4) is 5.75 Å². The molecular formula is C26H26Cl2N4O3. The predicted octanol–water partition coefficient (Wildman–Crippen LogP) is 4.74. The van der Waals surface area contributed by atoms with Gasteiger partial charge in [0.1, 0.15) is 6.61 Å². The maximum atomic E-state index is 13.1. The van der Waals surface area contributed by atoms with Gasteiger partial charge in [0, 0.05) is 40.5 Å². The second-order valence-corrected chi connectivity index (χ2v) is 9.41. The van der Waals surface area contributed by atoms with Crippen molar-refractivity contribution in [2.24, 2.45) is 11.7 Å². The molecule has 1 aromatic heterocycles. The number of benzene rings is 2. The molecule has 2 heterocycles. The number of likely N-dealkylation sites (tertiary alicyclic amines) is 1. The number of amides is 2. The van der Waals surface area contributed by atoms with Gasteiger partial charge in [-0.25, -0.2) is 4.98 Å². The molecule has 9 heteroatoms. The molecule has 0 spiro atoms. The van der Waals surface area contributed by atoms with Crippen LogP contribution in [-0.2, 0) is 13.0 Å². The second-order valence-electron chi connectivity index (χ2n) is 8.60. The van der Waals surface area contributed by atoms with Crippen LogP contribution in [0.2, 0.25) is 10.0 Å². The van der Waals surface area contributed by atoms with Gasteiger partial charge in [-0.1, -0.05) is 41.4 Å². The van der Waals surface area contributed by atoms with Crippen molar-refractivity contribution in [2.75, 3.05) is 18.8 Å². The minimum Gasteiger partial charge on any atom is -0.485 e. The van der Waals surface area contributed by atoms with Crippen molar-refractivity contribution in [1.29, 1.82) is 0 Å². The monoisotopic (exact) mass is 512 g/mol. The summed E-state index contributed by atoms with van der Waals surface area (Å²) < 4.78 is 5.81. The molecule has 2 amide bonds. The lowest BCUT2D eigenvalue weighted by Gasteiger charge is -2.32. The first kappa shape index (κ1) is 24.8. The van der Waals surface area contributed by atoms with Crippen LogP contribution in [0.15, 0.2) is 54.7 Å². The lowest BCUT2D eigenvalue weighted by Crippen LogP contribution is -2.39. The zero-order valence-electron chi connectivity index (χ0n) is 19.0. The van der Waals surface area contributed by atoms with Crippen LogP contribution in [0.3, 0.4) is 0 Å². The number of halogens is 2. The zero-order chi connectivity index (χ0) is 24.9. The van der Waals surface area contributed by atoms with Crippen molar-refractivity contribution in [3.63, 3.8) is 0 Å². The first-order valence-corrected chi connectivity index (χ1v) is 12.1. The van der Waals surface area contributed by atoms with Crippen LogP contribution >= 0.6 is 23.2 Å². The van der Waals surface area contributed by atoms with Crippen molar-refractivity contribution in [1.82, 2.24) is 9.88 Å². The summed E-state index contributed by atoms with van der Waals surface area (Å²) in [5.41, 5.74) is 14.0. The summed E-state index contributed by atoms with van der Waals surface area (Å²) in [5, 5.41) is 0.978. The quantitative estimate of drug-likeness (QED) is 0.474. The highest BCUT2D eigenvalue weighted by molar-refractivity contribution is 6.35. The first-order valence-electron chi connectivity index (χ1n) is 11.3. The topological polar surface area (TPSA) is 112 Å². The van der Waals surface area contributed by atoms with Gasteiger partial charge in [-0.2, -0.15) is 0 Å². The lowest BCUT2D eigenvalue weighted by molar-refractivity contribution is 0.0689. The van der Waals surface area contributed by atoms with E-state index in [0.29, 0.717) is 51.5 Å². The largest absolute Gasteiger partial charge is 0.485 e. The number of nitrogens with two attached hydrogens (primary N) is 2. The normalized spacial score (nSPS) is 14.1. The van der Waals surface area contributed by atoms with E-state index in [1.165, 1.54) is 6.20 Å². The Morgan fingerprint density at radius 2 is 1.69 bits per heavy atom. The van der Waals surface area contributed by atoms with Crippen molar-refractivity contribution in [2.45, 2.75) is 25.9 Å². The van der Waals surface area contributed by atoms with Gasteiger partial charge >= 0.3 is 0 Å². The summed E-state index contributed by atoms with van der Waals surface area (Å²) in [6, 6.07) is 14.2. The number of carbonyl (C=O) groups excluding carboxylic acids is 2. The summed E-state index contributed by atoms with van der Waals surface area (Å²) in [6.07, 6.45) is 4.15. The highest BCUT2D eigenvalue weighted by Gasteiger charge is 2.25. The number of pyridine rings is 1. The van der Waals surface area contributed by atoms with E-state index in [1.54, 1.807) is 36.4 Å². The minimum atomic E-state index is -0.429. The number of primary amides is 1. The third kappa shape index (κ3) is 6.05. The van der Waals surface area contributed by atoms with Crippen LogP contribution in [-0.4, -0.2) is 34.8 Å². The molecule has 0 unspecified atom stereocenters. The van der Waals surface area contributed by atoms with Gasteiger partial charge in [0.15, 0.2) is 11.6 Å². The molecule has 0 saturated carbocycles. The Bertz CT molecular complexity index is 1210. The van der Waals surface area contributed by atoms with E-state index >= 15 is 0 Å². The van der Waals surface area contributed by atoms with Crippen LogP contribution in [0.25, 0.3) is 0 Å². The molecule has 2 aromatic carbocycles. The molecule has 4 rings (SSSR count). The molecule has 0 bridgehead atoms. The van der Waals surface area contributed by atoms with E-state index in [0.717, 1.165) is 24.8 Å². The Kier molecular flexibility index (Phi) is 7.78. The third-order valence-corrected chi connectivity index (χ3v) is 6.94. The van der Waals surface area contributed by atoms with Gasteiger partial charge < -0.3 is 21.1 Å². The molecule has 35 heavy (non-hydrogen) atoms. The van der Waals surface area contributed by atoms with E-state index < -0.39 is 5.91 Å². The van der Waals surface area contributed by atoms with E-state index in [1.807, 2.05) is 17.0 Å². The fraction of sp³-hybridized carbons (Fsp3) is 0.269. The summed E-state index contributed by atoms with van der Waals surface area (Å²) in [6.45, 7) is 1.41. The van der Waals surface area contributed by atoms with Gasteiger partial charge in [0.25, 0.3) is 5.91 Å². The Balaban J connectivity index is 1.35. The van der Waals surface area contributed by atoms with Crippen molar-refractivity contribution in [3.05, 3.63) is 87.0 Å². The molecular weight excluding hydrogens is 487 g/mol. The van der Waals surface area contributed by atoms with Gasteiger partial charge in [-0.05, 0) is 61.1 Å². The van der Waals surface area contributed by atoms with E-state index in [-0.39, 0.29) is 18.3 Å². The van der Waals surface area contributed by atoms with Crippen LogP contribution in [0.5, 0.6) is 5.75 Å². The molecule has 182 valence electrons. The number of aromatic nitrogens is 1. The van der Waals surface area contributed by atoms with E-state index in [9.17, 15) is 9.59 Å². The number of nitrogens with zero attached hydrogens (tertiary/aromatic N) is 2. The van der Waals surface area contributed by atoms with Crippen LogP contribution in [0.4, 0.5) is 5.82 Å². The smallest absolute Gasteiger partial charge is 0.255 e. The molecule has 0 radical (unpaired) electrons. The molecule has 0 atom stereocenters. The second kappa shape index (κ2) is 11.0. The number of carbonyl (C=O) groups is 2. The summed E-state index contributed by atoms with van der Waals surface area (Å²) >= 11 is 12.4. The molecule has 1 fully saturated rings. The van der Waals surface area contributed by atoms with E-state index in [4.69, 9.17) is 39.4 Å². The molecule has 1 aliphatic heterocycles. The van der Waals surface area contributed by atoms with Crippen LogP contribution in [0.1, 0.15) is 44.7 Å². The maximum absolute atomic E-state index is 13.1. The number of hydrogen-bond acceptors (Lipinski definition) is 5. The SMILES string of the molecule is NC(=O)c1ccc(CC2CCN(C(=O)c3cnc(N)c(OCc4c(Cl)cccc4Cl)c3)CC2)cc1. The lowest BCUT2D eigenvalue weighted by atomic mass is 9.89. The number of rotatable bonds is 7. The molecule has 4 N–H and O–H groups in total. The molecule has 7 nitrogen and oxygen atoms in total. The molecule has 1 aliphatic rings. The number of nitrogen functional groups attached to an aromatic ring is 1. The number of anilines is 1. The maximum Gasteiger partial charge on any atom is 0.255 e. The average molecular weight is 513 g/mol. The summed E-state index contributed by atoms with van der Waals surface area (Å²) in [4.78, 5) is 30.3. The summed E-state index contributed by atoms with van der Waals surface area (Å²) in [7, 11) is 0. The highest BCUT2D eigenvalue weighted by Crippen LogP contribution is 2.29. The Labute approximate surface area is 214 Å². The predicted molar refractivity (Wildman–Crippen MR) is 137 cm³/mol. The van der Waals surface area contributed by atoms with Gasteiger partial charge in [-0.15, -0.1) is 0 Å². The van der Waals surface area contributed by atoms with Gasteiger partial charge in [0.05, 0.1) is 5.56 Å². The van der Waals surface area contributed by atoms with Gasteiger partial charge in [-0.3, -0.25) is 9.59 Å². The standard InChI is InChI=1S/C26H26Cl2N4O3/c27-21-2-1-3-22(28)20(21)15-35-23-13-19(14-31-24(23)29)26(34)32-10-8-17(9-11-32)12-16-4-6-18(7-5-16)25(30)33/h1-7,13-14,17H,8-12,15H2,(H2,29,31)(H2,30,33). The Morgan fingerprint density at radius 3 is 2.31 bits per heavy atom. The third-order valence-electron chi connectivity index (χ3n) is 6.23. The number of hydrogen-bond donors (Lipinski definition) is 2. The molecule has 0 aliphatic carbocycles. The van der Waals surface area contributed by atoms with Crippen LogP contribution in [0, 0.1) is 5.92 Å². The van der Waals surface area contributed by atoms with Gasteiger partial charge in [0.2, 0.25) is 5.91 Å². The number of piperidine rings is 1. The minimum absolute atomic E-state index is 0.105.